The summed E-state index contributed by atoms with van der Waals surface area (Å²) in [7, 11) is 0. The van der Waals surface area contributed by atoms with Crippen LogP contribution in [0, 0.1) is 37.0 Å². The largest absolute Gasteiger partial charge is 0.504 e. The highest BCUT2D eigenvalue weighted by molar-refractivity contribution is 5.54. The molecule has 0 saturated heterocycles. The molecule has 20 heavy (non-hydrogen) atoms. The second kappa shape index (κ2) is 7.12. The van der Waals surface area contributed by atoms with Gasteiger partial charge in [-0.25, -0.2) is 0 Å². The van der Waals surface area contributed by atoms with Gasteiger partial charge in [-0.15, -0.1) is 19.3 Å². The van der Waals surface area contributed by atoms with Crippen LogP contribution in [-0.4, -0.2) is 39.9 Å². The van der Waals surface area contributed by atoms with E-state index in [1.54, 1.807) is 4.90 Å². The van der Waals surface area contributed by atoms with E-state index in [1.807, 2.05) is 0 Å². The summed E-state index contributed by atoms with van der Waals surface area (Å²) in [5.41, 5.74) is 0.492. The molecule has 1 aromatic rings. The number of aromatic hydroxyl groups is 2. The third-order valence-corrected chi connectivity index (χ3v) is 2.71. The van der Waals surface area contributed by atoms with E-state index in [0.29, 0.717) is 18.7 Å². The Morgan fingerprint density at radius 1 is 1.10 bits per heavy atom. The highest BCUT2D eigenvalue weighted by Crippen LogP contribution is 2.32. The minimum Gasteiger partial charge on any atom is -0.504 e. The van der Waals surface area contributed by atoms with Crippen molar-refractivity contribution in [3.63, 3.8) is 0 Å². The fourth-order valence-corrected chi connectivity index (χ4v) is 1.74. The highest BCUT2D eigenvalue weighted by Gasteiger charge is 2.16. The minimum absolute atomic E-state index is 0.111. The summed E-state index contributed by atoms with van der Waals surface area (Å²) in [6.45, 7) is 0.795. The molecule has 1 unspecified atom stereocenters. The van der Waals surface area contributed by atoms with E-state index in [4.69, 9.17) is 19.3 Å². The Morgan fingerprint density at radius 2 is 1.70 bits per heavy atom. The van der Waals surface area contributed by atoms with Crippen LogP contribution in [0.2, 0.25) is 0 Å². The second-order valence-corrected chi connectivity index (χ2v) is 4.17. The van der Waals surface area contributed by atoms with Gasteiger partial charge in [-0.05, 0) is 17.7 Å². The van der Waals surface area contributed by atoms with E-state index in [2.05, 4.69) is 17.8 Å². The molecule has 0 radical (unpaired) electrons. The first-order chi connectivity index (χ1) is 9.53. The Kier molecular flexibility index (Phi) is 5.51. The molecular weight excluding hydrogens is 254 g/mol. The molecule has 102 valence electrons. The molecule has 0 fully saturated rings. The third kappa shape index (κ3) is 3.70. The number of hydrogen-bond acceptors (Lipinski definition) is 4. The summed E-state index contributed by atoms with van der Waals surface area (Å²) < 4.78 is 0. The van der Waals surface area contributed by atoms with Gasteiger partial charge in [-0.3, -0.25) is 4.90 Å². The molecule has 0 saturated carbocycles. The zero-order valence-corrected chi connectivity index (χ0v) is 10.9. The third-order valence-electron chi connectivity index (χ3n) is 2.71. The molecule has 0 spiro atoms. The molecule has 0 aliphatic heterocycles. The molecule has 0 aromatic heterocycles. The maximum Gasteiger partial charge on any atom is 0.173 e. The number of hydrogen-bond donors (Lipinski definition) is 3. The molecule has 0 amide bonds. The van der Waals surface area contributed by atoms with Gasteiger partial charge in [0, 0.05) is 6.54 Å². The van der Waals surface area contributed by atoms with Crippen LogP contribution in [0.15, 0.2) is 12.1 Å². The topological polar surface area (TPSA) is 63.9 Å². The van der Waals surface area contributed by atoms with Crippen LogP contribution in [0.3, 0.4) is 0 Å². The summed E-state index contributed by atoms with van der Waals surface area (Å²) in [4.78, 5) is 1.70. The van der Waals surface area contributed by atoms with Gasteiger partial charge in [0.2, 0.25) is 0 Å². The number of rotatable bonds is 5. The summed E-state index contributed by atoms with van der Waals surface area (Å²) in [6, 6.07) is 2.69. The van der Waals surface area contributed by atoms with Crippen LogP contribution in [-0.2, 0) is 0 Å². The predicted molar refractivity (Wildman–Crippen MR) is 76.8 cm³/mol. The quantitative estimate of drug-likeness (QED) is 0.543. The van der Waals surface area contributed by atoms with Crippen molar-refractivity contribution in [2.24, 2.45) is 0 Å². The molecule has 0 bridgehead atoms. The van der Waals surface area contributed by atoms with Gasteiger partial charge >= 0.3 is 0 Å². The lowest BCUT2D eigenvalue weighted by molar-refractivity contribution is 0.127. The van der Waals surface area contributed by atoms with E-state index in [0.717, 1.165) is 0 Å². The number of phenols is 2. The monoisotopic (exact) mass is 269 g/mol. The number of nitrogens with zero attached hydrogens (tertiary/aromatic N) is 1. The zero-order chi connectivity index (χ0) is 15.1. The van der Waals surface area contributed by atoms with E-state index in [9.17, 15) is 15.3 Å². The Hall–Kier alpha value is -2.58. The maximum atomic E-state index is 10.1. The highest BCUT2D eigenvalue weighted by atomic mass is 16.3. The Labute approximate surface area is 118 Å². The lowest BCUT2D eigenvalue weighted by Gasteiger charge is -2.21. The van der Waals surface area contributed by atoms with Gasteiger partial charge in [0.1, 0.15) is 0 Å². The molecular formula is C16H15NO3. The lowest BCUT2D eigenvalue weighted by atomic mass is 10.0. The van der Waals surface area contributed by atoms with Crippen molar-refractivity contribution >= 4 is 0 Å². The van der Waals surface area contributed by atoms with Gasteiger partial charge in [0.15, 0.2) is 11.5 Å². The Balaban J connectivity index is 2.96. The van der Waals surface area contributed by atoms with Gasteiger partial charge < -0.3 is 15.3 Å². The van der Waals surface area contributed by atoms with Crippen LogP contribution in [0.5, 0.6) is 11.5 Å². The van der Waals surface area contributed by atoms with Crippen molar-refractivity contribution in [2.45, 2.75) is 6.10 Å². The molecule has 1 atom stereocenters. The fraction of sp³-hybridized carbons (Fsp3) is 0.250. The molecule has 1 aromatic carbocycles. The first-order valence-electron chi connectivity index (χ1n) is 5.83. The van der Waals surface area contributed by atoms with E-state index < -0.39 is 6.10 Å². The van der Waals surface area contributed by atoms with Gasteiger partial charge in [0.25, 0.3) is 0 Å². The molecule has 4 nitrogen and oxygen atoms in total. The van der Waals surface area contributed by atoms with E-state index >= 15 is 0 Å². The van der Waals surface area contributed by atoms with Crippen LogP contribution >= 0.6 is 0 Å². The van der Waals surface area contributed by atoms with Crippen molar-refractivity contribution in [2.75, 3.05) is 19.6 Å². The van der Waals surface area contributed by atoms with Crippen molar-refractivity contribution in [1.82, 2.24) is 4.90 Å². The van der Waals surface area contributed by atoms with Crippen LogP contribution in [0.4, 0.5) is 0 Å². The standard InChI is InChI=1S/C16H15NO3/c1-4-7-17(8-5-2)11-15(19)13-9-12(6-3)16(20)14(18)10-13/h1-3,9-10,15,18-20H,7-8,11H2. The molecule has 0 aliphatic rings. The van der Waals surface area contributed by atoms with Crippen molar-refractivity contribution in [3.8, 4) is 48.5 Å². The van der Waals surface area contributed by atoms with Crippen LogP contribution in [0.1, 0.15) is 17.2 Å². The van der Waals surface area contributed by atoms with E-state index in [1.165, 1.54) is 12.1 Å². The summed E-state index contributed by atoms with van der Waals surface area (Å²) in [5, 5.41) is 29.2. The molecule has 3 N–H and O–H groups in total. The Bertz CT molecular complexity index is 586. The SMILES string of the molecule is C#CCN(CC#C)CC(O)c1cc(O)c(O)c(C#C)c1. The number of aliphatic hydroxyl groups excluding tert-OH is 1. The molecule has 4 heteroatoms. The van der Waals surface area contributed by atoms with E-state index in [-0.39, 0.29) is 23.6 Å². The fourth-order valence-electron chi connectivity index (χ4n) is 1.74. The van der Waals surface area contributed by atoms with Crippen molar-refractivity contribution in [3.05, 3.63) is 23.3 Å². The normalized spacial score (nSPS) is 11.3. The van der Waals surface area contributed by atoms with Crippen molar-refractivity contribution in [1.29, 1.82) is 0 Å². The maximum absolute atomic E-state index is 10.1. The summed E-state index contributed by atoms with van der Waals surface area (Å²) in [5.74, 6) is 6.37. The smallest absolute Gasteiger partial charge is 0.173 e. The van der Waals surface area contributed by atoms with Gasteiger partial charge in [-0.2, -0.15) is 0 Å². The number of phenolic OH excluding ortho intramolecular Hbond substituents is 2. The van der Waals surface area contributed by atoms with Gasteiger partial charge in [-0.1, -0.05) is 17.8 Å². The summed E-state index contributed by atoms with van der Waals surface area (Å²) >= 11 is 0. The first kappa shape index (κ1) is 15.5. The number of benzene rings is 1. The van der Waals surface area contributed by atoms with Crippen LogP contribution in [0.25, 0.3) is 0 Å². The average molecular weight is 269 g/mol. The molecule has 1 rings (SSSR count). The minimum atomic E-state index is -0.935. The summed E-state index contributed by atoms with van der Waals surface area (Å²) in [6.07, 6.45) is 14.7. The first-order valence-corrected chi connectivity index (χ1v) is 5.83. The second-order valence-electron chi connectivity index (χ2n) is 4.17. The zero-order valence-electron chi connectivity index (χ0n) is 10.9. The Morgan fingerprint density at radius 3 is 2.20 bits per heavy atom. The molecule has 0 aliphatic carbocycles. The lowest BCUT2D eigenvalue weighted by Crippen LogP contribution is -2.29. The predicted octanol–water partition coefficient (Wildman–Crippen LogP) is 0.681. The number of aliphatic hydroxyl groups is 1. The van der Waals surface area contributed by atoms with Crippen LogP contribution < -0.4 is 0 Å². The average Bonchev–Trinajstić information content (AvgIpc) is 2.42. The number of terminal acetylenes is 3. The molecule has 0 heterocycles. The van der Waals surface area contributed by atoms with Gasteiger partial charge in [0.05, 0.1) is 24.8 Å². The van der Waals surface area contributed by atoms with Crippen molar-refractivity contribution < 1.29 is 15.3 Å².